The minimum atomic E-state index is -4.75. The van der Waals surface area contributed by atoms with Crippen LogP contribution in [-0.2, 0) is 12.8 Å². The van der Waals surface area contributed by atoms with E-state index in [2.05, 4.69) is 20.6 Å². The minimum absolute atomic E-state index is 0.0648. The zero-order chi connectivity index (χ0) is 28.7. The van der Waals surface area contributed by atoms with Gasteiger partial charge in [-0.15, -0.1) is 18.3 Å². The topological polar surface area (TPSA) is 115 Å². The van der Waals surface area contributed by atoms with Crippen LogP contribution in [0.4, 0.5) is 13.2 Å². The van der Waals surface area contributed by atoms with Gasteiger partial charge in [-0.3, -0.25) is 15.5 Å². The summed E-state index contributed by atoms with van der Waals surface area (Å²) in [6.07, 6.45) is -3.44. The molecular weight excluding hydrogens is 543 g/mol. The Morgan fingerprint density at radius 1 is 0.875 bits per heavy atom. The van der Waals surface area contributed by atoms with Crippen LogP contribution in [0.2, 0.25) is 5.02 Å². The van der Waals surface area contributed by atoms with Crippen molar-refractivity contribution in [2.45, 2.75) is 19.2 Å². The van der Waals surface area contributed by atoms with Gasteiger partial charge in [0, 0.05) is 10.6 Å². The van der Waals surface area contributed by atoms with Gasteiger partial charge in [0.05, 0.1) is 0 Å². The normalized spacial score (nSPS) is 11.7. The van der Waals surface area contributed by atoms with Crippen molar-refractivity contribution >= 4 is 23.5 Å². The first-order chi connectivity index (χ1) is 19.1. The molecule has 0 aliphatic carbocycles. The van der Waals surface area contributed by atoms with Gasteiger partial charge in [0.15, 0.2) is 0 Å². The van der Waals surface area contributed by atoms with Crippen LogP contribution in [0.3, 0.4) is 0 Å². The van der Waals surface area contributed by atoms with Gasteiger partial charge < -0.3 is 10.6 Å². The van der Waals surface area contributed by atoms with E-state index >= 15 is 0 Å². The van der Waals surface area contributed by atoms with Gasteiger partial charge in [0.1, 0.15) is 5.75 Å². The number of benzene rings is 4. The summed E-state index contributed by atoms with van der Waals surface area (Å²) in [6, 6.07) is 26.3. The third-order valence-electron chi connectivity index (χ3n) is 6.06. The monoisotopic (exact) mass is 567 g/mol. The Kier molecular flexibility index (Phi) is 8.93. The number of hydrogen-bond donors (Lipinski definition) is 4. The molecule has 4 aromatic rings. The number of carbonyl (C=O) groups is 1. The van der Waals surface area contributed by atoms with Crippen molar-refractivity contribution < 1.29 is 22.7 Å². The van der Waals surface area contributed by atoms with Crippen LogP contribution in [-0.4, -0.2) is 18.2 Å². The molecule has 1 amide bonds. The Balaban J connectivity index is 1.58. The van der Waals surface area contributed by atoms with Crippen LogP contribution in [0.5, 0.6) is 5.75 Å². The molecular formula is C29H25ClF3N5O2. The highest BCUT2D eigenvalue weighted by Gasteiger charge is 2.31. The summed E-state index contributed by atoms with van der Waals surface area (Å²) < 4.78 is 41.6. The van der Waals surface area contributed by atoms with Gasteiger partial charge in [0.25, 0.3) is 5.91 Å². The largest absolute Gasteiger partial charge is 0.573 e. The van der Waals surface area contributed by atoms with Gasteiger partial charge in [-0.1, -0.05) is 66.2 Å². The summed E-state index contributed by atoms with van der Waals surface area (Å²) in [5.74, 6) is 9.61. The molecule has 0 aliphatic heterocycles. The maximum Gasteiger partial charge on any atom is 0.573 e. The standard InChI is InChI=1S/C29H25ClF3N5O2/c30-24-3-1-2-22(17-24)26-15-12-21(19-10-13-25(14-11-19)40-29(31,32)33)16-23(26)9-6-18-4-7-20(8-5-18)27(39)36-28(37-34)38-35/h1-5,7-8,10-17H,6,9,34-35H2,(H2,36,37,38,39). The van der Waals surface area contributed by atoms with Gasteiger partial charge in [0.2, 0.25) is 5.96 Å². The molecule has 6 N–H and O–H groups in total. The Bertz CT molecular complexity index is 1510. The van der Waals surface area contributed by atoms with Crippen LogP contribution in [0.25, 0.3) is 22.3 Å². The molecule has 40 heavy (non-hydrogen) atoms. The summed E-state index contributed by atoms with van der Waals surface area (Å²) in [7, 11) is 0. The highest BCUT2D eigenvalue weighted by molar-refractivity contribution is 6.30. The Morgan fingerprint density at radius 2 is 1.57 bits per heavy atom. The number of nitrogens with two attached hydrogens (primary N) is 2. The lowest BCUT2D eigenvalue weighted by Crippen LogP contribution is -2.45. The molecule has 4 rings (SSSR count). The molecule has 0 saturated carbocycles. The summed E-state index contributed by atoms with van der Waals surface area (Å²) >= 11 is 6.25. The Morgan fingerprint density at radius 3 is 2.20 bits per heavy atom. The number of ether oxygens (including phenoxy) is 1. The van der Waals surface area contributed by atoms with Crippen molar-refractivity contribution in [3.05, 3.63) is 113 Å². The van der Waals surface area contributed by atoms with Crippen LogP contribution in [0, 0.1) is 0 Å². The van der Waals surface area contributed by atoms with Crippen molar-refractivity contribution in [1.29, 1.82) is 0 Å². The van der Waals surface area contributed by atoms with E-state index in [9.17, 15) is 18.0 Å². The highest BCUT2D eigenvalue weighted by atomic mass is 35.5. The highest BCUT2D eigenvalue weighted by Crippen LogP contribution is 2.32. The predicted molar refractivity (Wildman–Crippen MR) is 149 cm³/mol. The molecule has 0 saturated heterocycles. The lowest BCUT2D eigenvalue weighted by atomic mass is 9.91. The predicted octanol–water partition coefficient (Wildman–Crippen LogP) is 5.78. The van der Waals surface area contributed by atoms with Crippen LogP contribution < -0.4 is 27.2 Å². The number of halogens is 4. The molecule has 0 aromatic heterocycles. The first-order valence-electron chi connectivity index (χ1n) is 12.0. The van der Waals surface area contributed by atoms with Crippen LogP contribution in [0.1, 0.15) is 21.5 Å². The zero-order valence-corrected chi connectivity index (χ0v) is 21.8. The number of carbonyl (C=O) groups excluding carboxylic acids is 1. The molecule has 0 aliphatic rings. The van der Waals surface area contributed by atoms with Crippen LogP contribution >= 0.6 is 11.6 Å². The van der Waals surface area contributed by atoms with Crippen molar-refractivity contribution in [3.63, 3.8) is 0 Å². The van der Waals surface area contributed by atoms with E-state index in [1.807, 2.05) is 48.5 Å². The van der Waals surface area contributed by atoms with Gasteiger partial charge in [-0.2, -0.15) is 0 Å². The molecule has 0 heterocycles. The van der Waals surface area contributed by atoms with Crippen molar-refractivity contribution in [3.8, 4) is 28.0 Å². The van der Waals surface area contributed by atoms with Crippen molar-refractivity contribution in [1.82, 2.24) is 10.7 Å². The molecule has 0 fully saturated rings. The van der Waals surface area contributed by atoms with Gasteiger partial charge in [-0.05, 0) is 82.6 Å². The number of amides is 1. The molecule has 7 nitrogen and oxygen atoms in total. The van der Waals surface area contributed by atoms with Gasteiger partial charge in [-0.25, -0.2) is 5.84 Å². The maximum absolute atomic E-state index is 12.6. The number of alkyl halides is 3. The van der Waals surface area contributed by atoms with E-state index in [1.54, 1.807) is 30.3 Å². The minimum Gasteiger partial charge on any atom is -0.406 e. The molecule has 4 aromatic carbocycles. The Hall–Kier alpha value is -4.54. The summed E-state index contributed by atoms with van der Waals surface area (Å²) in [6.45, 7) is 0. The zero-order valence-electron chi connectivity index (χ0n) is 21.0. The summed E-state index contributed by atoms with van der Waals surface area (Å²) in [5, 5.41) is 6.39. The lowest BCUT2D eigenvalue weighted by Gasteiger charge is -2.14. The van der Waals surface area contributed by atoms with E-state index in [4.69, 9.17) is 23.3 Å². The van der Waals surface area contributed by atoms with Crippen molar-refractivity contribution in [2.75, 3.05) is 0 Å². The Labute approximate surface area is 233 Å². The van der Waals surface area contributed by atoms with Gasteiger partial charge >= 0.3 is 6.36 Å². The molecule has 0 spiro atoms. The molecule has 0 atom stereocenters. The molecule has 11 heteroatoms. The number of guanidine groups is 1. The van der Waals surface area contributed by atoms with Crippen LogP contribution in [0.15, 0.2) is 96.1 Å². The van der Waals surface area contributed by atoms with E-state index in [-0.39, 0.29) is 11.7 Å². The fourth-order valence-corrected chi connectivity index (χ4v) is 4.34. The lowest BCUT2D eigenvalue weighted by molar-refractivity contribution is -0.274. The quantitative estimate of drug-likeness (QED) is 0.0978. The maximum atomic E-state index is 12.6. The molecule has 0 unspecified atom stereocenters. The fraction of sp³-hybridized carbons (Fsp3) is 0.103. The third kappa shape index (κ3) is 7.52. The average molecular weight is 568 g/mol. The second-order valence-electron chi connectivity index (χ2n) is 8.73. The number of hydrogen-bond acceptors (Lipinski definition) is 5. The average Bonchev–Trinajstić information content (AvgIpc) is 2.94. The second kappa shape index (κ2) is 12.5. The van der Waals surface area contributed by atoms with Crippen molar-refractivity contribution in [2.24, 2.45) is 16.8 Å². The van der Waals surface area contributed by atoms with E-state index < -0.39 is 12.3 Å². The SMILES string of the molecule is N/N=C(\NN)NC(=O)c1ccc(CCc2cc(-c3ccc(OC(F)(F)F)cc3)ccc2-c2cccc(Cl)c2)cc1. The number of hydrazine groups is 1. The number of aryl methyl sites for hydroxylation is 2. The molecule has 206 valence electrons. The molecule has 0 radical (unpaired) electrons. The van der Waals surface area contributed by atoms with E-state index in [0.29, 0.717) is 23.4 Å². The third-order valence-corrected chi connectivity index (χ3v) is 6.29. The van der Waals surface area contributed by atoms with E-state index in [1.165, 1.54) is 12.1 Å². The number of rotatable bonds is 7. The second-order valence-corrected chi connectivity index (χ2v) is 9.16. The first-order valence-corrected chi connectivity index (χ1v) is 12.4. The summed E-state index contributed by atoms with van der Waals surface area (Å²) in [5.41, 5.74) is 8.13. The number of hydrazone groups is 1. The summed E-state index contributed by atoms with van der Waals surface area (Å²) in [4.78, 5) is 12.3. The smallest absolute Gasteiger partial charge is 0.406 e. The van der Waals surface area contributed by atoms with E-state index in [0.717, 1.165) is 33.4 Å². The number of nitrogens with zero attached hydrogens (tertiary/aromatic N) is 1. The molecule has 0 bridgehead atoms. The first kappa shape index (κ1) is 28.5. The fourth-order valence-electron chi connectivity index (χ4n) is 4.15. The number of nitrogens with one attached hydrogen (secondary N) is 2.